The summed E-state index contributed by atoms with van der Waals surface area (Å²) in [6, 6.07) is 15.6. The maximum Gasteiger partial charge on any atom is 0.293 e. The first-order valence-electron chi connectivity index (χ1n) is 10.1. The number of carbonyl (C=O) groups excluding carboxylic acids is 1. The van der Waals surface area contributed by atoms with E-state index in [1.54, 1.807) is 4.90 Å². The van der Waals surface area contributed by atoms with Crippen molar-refractivity contribution in [2.45, 2.75) is 6.42 Å². The molecule has 5 nitrogen and oxygen atoms in total. The Bertz CT molecular complexity index is 889. The van der Waals surface area contributed by atoms with Crippen molar-refractivity contribution in [1.82, 2.24) is 4.90 Å². The van der Waals surface area contributed by atoms with Gasteiger partial charge < -0.3 is 19.4 Å². The van der Waals surface area contributed by atoms with Gasteiger partial charge in [-0.2, -0.15) is 0 Å². The molecule has 0 bridgehead atoms. The number of nitrogens with zero attached hydrogens (tertiary/aromatic N) is 3. The summed E-state index contributed by atoms with van der Waals surface area (Å²) in [7, 11) is 2.15. The fourth-order valence-corrected chi connectivity index (χ4v) is 3.88. The third kappa shape index (κ3) is 4.57. The Balaban J connectivity index is 1.63. The highest BCUT2D eigenvalue weighted by molar-refractivity contribution is 6.30. The van der Waals surface area contributed by atoms with Crippen LogP contribution in [0.25, 0.3) is 6.08 Å². The molecule has 152 valence electrons. The average Bonchev–Trinajstić information content (AvgIpc) is 2.92. The standard InChI is InChI=1S/C23H26ClN3O2/c1-25-12-14-26(15-13-25)21-6-3-2-5-18(21)17-22-23(28)27(11-4-16-29-22)20-9-7-19(24)8-10-20/h2-3,5-10,17H,4,11-16H2,1H3/b22-17+. The molecule has 2 aliphatic rings. The van der Waals surface area contributed by atoms with Crippen LogP contribution in [-0.2, 0) is 9.53 Å². The fourth-order valence-electron chi connectivity index (χ4n) is 3.76. The normalized spacial score (nSPS) is 19.9. The molecule has 0 saturated carbocycles. The summed E-state index contributed by atoms with van der Waals surface area (Å²) >= 11 is 6.01. The second-order valence-electron chi connectivity index (χ2n) is 7.49. The van der Waals surface area contributed by atoms with Crippen LogP contribution in [0.5, 0.6) is 0 Å². The van der Waals surface area contributed by atoms with Crippen molar-refractivity contribution in [3.05, 3.63) is 64.9 Å². The number of benzene rings is 2. The monoisotopic (exact) mass is 411 g/mol. The quantitative estimate of drug-likeness (QED) is 0.718. The minimum Gasteiger partial charge on any atom is -0.488 e. The molecule has 0 aromatic heterocycles. The molecule has 0 aliphatic carbocycles. The number of piperazine rings is 1. The number of carbonyl (C=O) groups is 1. The zero-order chi connectivity index (χ0) is 20.2. The molecule has 0 radical (unpaired) electrons. The van der Waals surface area contributed by atoms with Crippen molar-refractivity contribution in [2.24, 2.45) is 0 Å². The molecular formula is C23H26ClN3O2. The number of likely N-dealkylation sites (N-methyl/N-ethyl adjacent to an activating group) is 1. The Kier molecular flexibility index (Phi) is 6.07. The van der Waals surface area contributed by atoms with Crippen molar-refractivity contribution in [3.63, 3.8) is 0 Å². The number of para-hydroxylation sites is 1. The van der Waals surface area contributed by atoms with E-state index in [1.165, 1.54) is 0 Å². The Morgan fingerprint density at radius 2 is 1.69 bits per heavy atom. The molecule has 29 heavy (non-hydrogen) atoms. The third-order valence-corrected chi connectivity index (χ3v) is 5.70. The Labute approximate surface area is 177 Å². The first kappa shape index (κ1) is 19.8. The van der Waals surface area contributed by atoms with Gasteiger partial charge in [-0.15, -0.1) is 0 Å². The van der Waals surface area contributed by atoms with Crippen LogP contribution in [0.1, 0.15) is 12.0 Å². The number of anilines is 2. The summed E-state index contributed by atoms with van der Waals surface area (Å²) in [5.74, 6) is 0.275. The summed E-state index contributed by atoms with van der Waals surface area (Å²) in [6.45, 7) is 5.16. The zero-order valence-electron chi connectivity index (χ0n) is 16.7. The molecule has 2 aliphatic heterocycles. The number of halogens is 1. The smallest absolute Gasteiger partial charge is 0.293 e. The summed E-state index contributed by atoms with van der Waals surface area (Å²) in [5.41, 5.74) is 2.99. The van der Waals surface area contributed by atoms with Crippen LogP contribution < -0.4 is 9.80 Å². The molecule has 2 heterocycles. The lowest BCUT2D eigenvalue weighted by atomic mass is 10.1. The van der Waals surface area contributed by atoms with E-state index >= 15 is 0 Å². The van der Waals surface area contributed by atoms with E-state index in [0.717, 1.165) is 49.5 Å². The highest BCUT2D eigenvalue weighted by Gasteiger charge is 2.25. The highest BCUT2D eigenvalue weighted by atomic mass is 35.5. The van der Waals surface area contributed by atoms with Crippen LogP contribution in [0.2, 0.25) is 5.02 Å². The van der Waals surface area contributed by atoms with Crippen LogP contribution >= 0.6 is 11.6 Å². The van der Waals surface area contributed by atoms with E-state index in [0.29, 0.717) is 23.9 Å². The van der Waals surface area contributed by atoms with Crippen molar-refractivity contribution in [2.75, 3.05) is 56.2 Å². The number of hydrogen-bond donors (Lipinski definition) is 0. The molecular weight excluding hydrogens is 386 g/mol. The Morgan fingerprint density at radius 3 is 2.45 bits per heavy atom. The molecule has 2 aromatic rings. The summed E-state index contributed by atoms with van der Waals surface area (Å²) < 4.78 is 5.87. The van der Waals surface area contributed by atoms with Gasteiger partial charge in [-0.3, -0.25) is 4.79 Å². The van der Waals surface area contributed by atoms with Gasteiger partial charge in [0, 0.05) is 54.7 Å². The lowest BCUT2D eigenvalue weighted by Crippen LogP contribution is -2.44. The number of ether oxygens (including phenoxy) is 1. The molecule has 2 aromatic carbocycles. The van der Waals surface area contributed by atoms with Gasteiger partial charge in [-0.05, 0) is 49.9 Å². The Morgan fingerprint density at radius 1 is 0.966 bits per heavy atom. The molecule has 0 atom stereocenters. The predicted molar refractivity (Wildman–Crippen MR) is 119 cm³/mol. The number of amides is 1. The minimum absolute atomic E-state index is 0.113. The second-order valence-corrected chi connectivity index (χ2v) is 7.93. The van der Waals surface area contributed by atoms with Crippen LogP contribution in [-0.4, -0.2) is 57.2 Å². The first-order valence-corrected chi connectivity index (χ1v) is 10.4. The second kappa shape index (κ2) is 8.89. The van der Waals surface area contributed by atoms with Gasteiger partial charge in [0.1, 0.15) is 0 Å². The van der Waals surface area contributed by atoms with E-state index in [4.69, 9.17) is 16.3 Å². The average molecular weight is 412 g/mol. The van der Waals surface area contributed by atoms with E-state index in [1.807, 2.05) is 42.5 Å². The largest absolute Gasteiger partial charge is 0.488 e. The number of hydrogen-bond acceptors (Lipinski definition) is 4. The minimum atomic E-state index is -0.113. The molecule has 0 spiro atoms. The van der Waals surface area contributed by atoms with Crippen molar-refractivity contribution < 1.29 is 9.53 Å². The van der Waals surface area contributed by atoms with E-state index < -0.39 is 0 Å². The predicted octanol–water partition coefficient (Wildman–Crippen LogP) is 3.89. The van der Waals surface area contributed by atoms with E-state index in [2.05, 4.69) is 29.0 Å². The van der Waals surface area contributed by atoms with Gasteiger partial charge in [-0.1, -0.05) is 29.8 Å². The van der Waals surface area contributed by atoms with Gasteiger partial charge in [-0.25, -0.2) is 0 Å². The van der Waals surface area contributed by atoms with Gasteiger partial charge in [0.15, 0.2) is 5.76 Å². The zero-order valence-corrected chi connectivity index (χ0v) is 17.4. The van der Waals surface area contributed by atoms with Gasteiger partial charge in [0.25, 0.3) is 5.91 Å². The number of rotatable bonds is 3. The van der Waals surface area contributed by atoms with Crippen molar-refractivity contribution in [1.29, 1.82) is 0 Å². The van der Waals surface area contributed by atoms with Crippen LogP contribution in [0, 0.1) is 0 Å². The first-order chi connectivity index (χ1) is 14.1. The maximum absolute atomic E-state index is 13.2. The van der Waals surface area contributed by atoms with Crippen LogP contribution in [0.3, 0.4) is 0 Å². The van der Waals surface area contributed by atoms with Crippen molar-refractivity contribution >= 4 is 35.0 Å². The molecule has 2 saturated heterocycles. The lowest BCUT2D eigenvalue weighted by molar-refractivity contribution is -0.117. The van der Waals surface area contributed by atoms with Gasteiger partial charge in [0.2, 0.25) is 0 Å². The maximum atomic E-state index is 13.2. The van der Waals surface area contributed by atoms with E-state index in [9.17, 15) is 4.79 Å². The SMILES string of the molecule is CN1CCN(c2ccccc2/C=C2/OCCCN(c3ccc(Cl)cc3)C2=O)CC1. The van der Waals surface area contributed by atoms with E-state index in [-0.39, 0.29) is 5.91 Å². The fraction of sp³-hybridized carbons (Fsp3) is 0.348. The van der Waals surface area contributed by atoms with Gasteiger partial charge in [0.05, 0.1) is 6.61 Å². The topological polar surface area (TPSA) is 36.0 Å². The van der Waals surface area contributed by atoms with Gasteiger partial charge >= 0.3 is 0 Å². The van der Waals surface area contributed by atoms with Crippen molar-refractivity contribution in [3.8, 4) is 0 Å². The molecule has 6 heteroatoms. The summed E-state index contributed by atoms with van der Waals surface area (Å²) in [5, 5.41) is 0.657. The summed E-state index contributed by atoms with van der Waals surface area (Å²) in [6.07, 6.45) is 2.68. The molecule has 2 fully saturated rings. The molecule has 1 amide bonds. The Hall–Kier alpha value is -2.50. The highest BCUT2D eigenvalue weighted by Crippen LogP contribution is 2.27. The molecule has 0 N–H and O–H groups in total. The van der Waals surface area contributed by atoms with Crippen LogP contribution in [0.15, 0.2) is 54.3 Å². The molecule has 0 unspecified atom stereocenters. The summed E-state index contributed by atoms with van der Waals surface area (Å²) in [4.78, 5) is 19.7. The third-order valence-electron chi connectivity index (χ3n) is 5.45. The molecule has 4 rings (SSSR count). The van der Waals surface area contributed by atoms with Crippen LogP contribution in [0.4, 0.5) is 11.4 Å². The lowest BCUT2D eigenvalue weighted by Gasteiger charge is -2.35.